The van der Waals surface area contributed by atoms with Gasteiger partial charge in [0.2, 0.25) is 0 Å². The van der Waals surface area contributed by atoms with Crippen molar-refractivity contribution in [2.45, 2.75) is 39.9 Å². The number of imide groups is 1. The van der Waals surface area contributed by atoms with Gasteiger partial charge in [0.1, 0.15) is 0 Å². The van der Waals surface area contributed by atoms with Crippen molar-refractivity contribution in [3.05, 3.63) is 39.8 Å². The smallest absolute Gasteiger partial charge is 0.267 e. The van der Waals surface area contributed by atoms with Crippen molar-refractivity contribution >= 4 is 29.1 Å². The number of hydrogen-bond acceptors (Lipinski definition) is 3. The normalized spacial score (nSPS) is 15.6. The first-order chi connectivity index (χ1) is 9.86. The highest BCUT2D eigenvalue weighted by Crippen LogP contribution is 2.38. The summed E-state index contributed by atoms with van der Waals surface area (Å²) in [5, 5.41) is 0.259. The minimum Gasteiger partial charge on any atom is -0.274 e. The first-order valence-corrected chi connectivity index (χ1v) is 8.09. The van der Waals surface area contributed by atoms with Crippen molar-refractivity contribution in [3.8, 4) is 0 Å². The fourth-order valence-corrected chi connectivity index (χ4v) is 3.34. The molecular formula is C17H21NO2S. The molecule has 2 amide bonds. The van der Waals surface area contributed by atoms with E-state index in [4.69, 9.17) is 0 Å². The molecule has 1 heterocycles. The lowest BCUT2D eigenvalue weighted by Crippen LogP contribution is -2.31. The second-order valence-electron chi connectivity index (χ2n) is 5.52. The van der Waals surface area contributed by atoms with E-state index in [9.17, 15) is 9.59 Å². The third-order valence-corrected chi connectivity index (χ3v) is 4.68. The molecule has 3 nitrogen and oxygen atoms in total. The molecule has 0 saturated heterocycles. The van der Waals surface area contributed by atoms with Crippen molar-refractivity contribution in [1.82, 2.24) is 4.90 Å². The summed E-state index contributed by atoms with van der Waals surface area (Å²) in [5.41, 5.74) is 3.71. The Kier molecular flexibility index (Phi) is 4.57. The van der Waals surface area contributed by atoms with Crippen LogP contribution in [0.1, 0.15) is 37.5 Å². The molecule has 21 heavy (non-hydrogen) atoms. The summed E-state index contributed by atoms with van der Waals surface area (Å²) < 4.78 is 0. The number of aryl methyl sites for hydroxylation is 2. The molecule has 0 spiro atoms. The van der Waals surface area contributed by atoms with E-state index in [1.165, 1.54) is 22.2 Å². The number of hydrogen-bond donors (Lipinski definition) is 0. The van der Waals surface area contributed by atoms with Crippen LogP contribution < -0.4 is 0 Å². The highest BCUT2D eigenvalue weighted by Gasteiger charge is 2.38. The predicted molar refractivity (Wildman–Crippen MR) is 88.0 cm³/mol. The lowest BCUT2D eigenvalue weighted by molar-refractivity contribution is -0.136. The maximum atomic E-state index is 12.6. The van der Waals surface area contributed by atoms with Crippen LogP contribution in [0.25, 0.3) is 5.57 Å². The van der Waals surface area contributed by atoms with Gasteiger partial charge < -0.3 is 0 Å². The van der Waals surface area contributed by atoms with Gasteiger partial charge in [0, 0.05) is 11.8 Å². The summed E-state index contributed by atoms with van der Waals surface area (Å²) in [4.78, 5) is 26.9. The van der Waals surface area contributed by atoms with Crippen LogP contribution in [-0.4, -0.2) is 28.5 Å². The Bertz CT molecular complexity index is 632. The monoisotopic (exact) mass is 303 g/mol. The first kappa shape index (κ1) is 15.8. The molecule has 0 saturated carbocycles. The third-order valence-electron chi connectivity index (χ3n) is 3.59. The van der Waals surface area contributed by atoms with E-state index in [1.54, 1.807) is 0 Å². The molecule has 0 fully saturated rings. The Morgan fingerprint density at radius 2 is 1.76 bits per heavy atom. The lowest BCUT2D eigenvalue weighted by Gasteiger charge is -2.12. The van der Waals surface area contributed by atoms with Crippen LogP contribution >= 0.6 is 11.8 Å². The number of carbonyl (C=O) groups excluding carboxylic acids is 2. The van der Waals surface area contributed by atoms with Gasteiger partial charge in [-0.3, -0.25) is 14.5 Å². The van der Waals surface area contributed by atoms with Gasteiger partial charge in [0.15, 0.2) is 0 Å². The summed E-state index contributed by atoms with van der Waals surface area (Å²) >= 11 is 1.47. The molecule has 0 aromatic heterocycles. The molecule has 0 N–H and O–H groups in total. The van der Waals surface area contributed by atoms with Crippen molar-refractivity contribution in [1.29, 1.82) is 0 Å². The summed E-state index contributed by atoms with van der Waals surface area (Å²) in [6, 6.07) is 5.93. The van der Waals surface area contributed by atoms with Gasteiger partial charge in [0.25, 0.3) is 11.8 Å². The fourth-order valence-electron chi connectivity index (χ4n) is 2.34. The maximum absolute atomic E-state index is 12.6. The van der Waals surface area contributed by atoms with Crippen molar-refractivity contribution in [2.24, 2.45) is 0 Å². The van der Waals surface area contributed by atoms with E-state index in [-0.39, 0.29) is 17.1 Å². The van der Waals surface area contributed by atoms with E-state index >= 15 is 0 Å². The van der Waals surface area contributed by atoms with Gasteiger partial charge in [-0.25, -0.2) is 0 Å². The standard InChI is InChI=1S/C17H21NO2S/c1-6-18-16(19)14(15(17(18)20)21-10(2)3)13-8-7-11(4)12(5)9-13/h7-10H,6H2,1-5H3. The lowest BCUT2D eigenvalue weighted by atomic mass is 10.0. The van der Waals surface area contributed by atoms with E-state index in [2.05, 4.69) is 0 Å². The highest BCUT2D eigenvalue weighted by molar-refractivity contribution is 8.04. The first-order valence-electron chi connectivity index (χ1n) is 7.21. The van der Waals surface area contributed by atoms with Crippen molar-refractivity contribution < 1.29 is 9.59 Å². The predicted octanol–water partition coefficient (Wildman–Crippen LogP) is 3.54. The molecule has 0 aliphatic carbocycles. The van der Waals surface area contributed by atoms with Gasteiger partial charge in [-0.1, -0.05) is 32.0 Å². The van der Waals surface area contributed by atoms with Crippen molar-refractivity contribution in [3.63, 3.8) is 0 Å². The van der Waals surface area contributed by atoms with Crippen LogP contribution in [0.4, 0.5) is 0 Å². The van der Waals surface area contributed by atoms with Gasteiger partial charge in [-0.05, 0) is 37.5 Å². The molecule has 0 atom stereocenters. The number of thioether (sulfide) groups is 1. The maximum Gasteiger partial charge on any atom is 0.267 e. The zero-order chi connectivity index (χ0) is 15.7. The number of amides is 2. The van der Waals surface area contributed by atoms with Crippen LogP contribution in [0.15, 0.2) is 23.1 Å². The number of nitrogens with zero attached hydrogens (tertiary/aromatic N) is 1. The molecule has 0 bridgehead atoms. The van der Waals surface area contributed by atoms with E-state index in [0.29, 0.717) is 17.0 Å². The van der Waals surface area contributed by atoms with Gasteiger partial charge in [-0.2, -0.15) is 0 Å². The van der Waals surface area contributed by atoms with Gasteiger partial charge in [-0.15, -0.1) is 11.8 Å². The second-order valence-corrected chi connectivity index (χ2v) is 7.11. The molecule has 1 aromatic rings. The highest BCUT2D eigenvalue weighted by atomic mass is 32.2. The van der Waals surface area contributed by atoms with E-state index < -0.39 is 0 Å². The Morgan fingerprint density at radius 3 is 2.29 bits per heavy atom. The second kappa shape index (κ2) is 6.06. The molecule has 4 heteroatoms. The van der Waals surface area contributed by atoms with Gasteiger partial charge in [0.05, 0.1) is 10.5 Å². The van der Waals surface area contributed by atoms with Crippen LogP contribution in [0.2, 0.25) is 0 Å². The fraction of sp³-hybridized carbons (Fsp3) is 0.412. The van der Waals surface area contributed by atoms with Crippen LogP contribution in [0.5, 0.6) is 0 Å². The third kappa shape index (κ3) is 2.91. The molecular weight excluding hydrogens is 282 g/mol. The Labute approximate surface area is 130 Å². The summed E-state index contributed by atoms with van der Waals surface area (Å²) in [5.74, 6) is -0.330. The van der Waals surface area contributed by atoms with Gasteiger partial charge >= 0.3 is 0 Å². The van der Waals surface area contributed by atoms with Crippen molar-refractivity contribution in [2.75, 3.05) is 6.54 Å². The Hall–Kier alpha value is -1.55. The van der Waals surface area contributed by atoms with E-state index in [1.807, 2.05) is 52.8 Å². The summed E-state index contributed by atoms with van der Waals surface area (Å²) in [6.07, 6.45) is 0. The number of rotatable bonds is 4. The molecule has 1 aliphatic heterocycles. The zero-order valence-electron chi connectivity index (χ0n) is 13.2. The summed E-state index contributed by atoms with van der Waals surface area (Å²) in [7, 11) is 0. The topological polar surface area (TPSA) is 37.4 Å². The largest absolute Gasteiger partial charge is 0.274 e. The minimum atomic E-state index is -0.172. The molecule has 0 unspecified atom stereocenters. The van der Waals surface area contributed by atoms with Crippen LogP contribution in [0.3, 0.4) is 0 Å². The number of likely N-dealkylation sites (N-methyl/N-ethyl adjacent to an activating group) is 1. The number of benzene rings is 1. The minimum absolute atomic E-state index is 0.158. The molecule has 1 aliphatic rings. The zero-order valence-corrected chi connectivity index (χ0v) is 14.0. The molecule has 1 aromatic carbocycles. The average molecular weight is 303 g/mol. The van der Waals surface area contributed by atoms with Crippen LogP contribution in [0, 0.1) is 13.8 Å². The SMILES string of the molecule is CCN1C(=O)C(SC(C)C)=C(c2ccc(C)c(C)c2)C1=O. The Balaban J connectivity index is 2.57. The molecule has 0 radical (unpaired) electrons. The van der Waals surface area contributed by atoms with Crippen LogP contribution in [-0.2, 0) is 9.59 Å². The molecule has 112 valence electrons. The number of carbonyl (C=O) groups is 2. The average Bonchev–Trinajstić information content (AvgIpc) is 2.64. The molecule has 2 rings (SSSR count). The summed E-state index contributed by atoms with van der Waals surface area (Å²) in [6.45, 7) is 10.4. The van der Waals surface area contributed by atoms with E-state index in [0.717, 1.165) is 11.1 Å². The Morgan fingerprint density at radius 1 is 1.10 bits per heavy atom. The quantitative estimate of drug-likeness (QED) is 0.798.